The molecule has 2 N–H and O–H groups in total. The van der Waals surface area contributed by atoms with Crippen molar-refractivity contribution in [1.82, 2.24) is 0 Å². The number of rotatable bonds is 4. The Balaban J connectivity index is 3.66. The van der Waals surface area contributed by atoms with Crippen molar-refractivity contribution in [1.29, 1.82) is 0 Å². The molecule has 0 aliphatic carbocycles. The summed E-state index contributed by atoms with van der Waals surface area (Å²) < 4.78 is 4.80. The molecule has 3 heteroatoms. The van der Waals surface area contributed by atoms with Gasteiger partial charge in [-0.25, -0.2) is 0 Å². The molecule has 0 radical (unpaired) electrons. The predicted molar refractivity (Wildman–Crippen MR) is 47.2 cm³/mol. The maximum absolute atomic E-state index is 11.0. The number of nitrogens with two attached hydrogens (primary N) is 1. The molecule has 0 aliphatic rings. The van der Waals surface area contributed by atoms with Crippen LogP contribution in [0.25, 0.3) is 0 Å². The minimum absolute atomic E-state index is 0.100. The first-order valence-electron chi connectivity index (χ1n) is 3.95. The Labute approximate surface area is 73.3 Å². The van der Waals surface area contributed by atoms with Gasteiger partial charge in [-0.3, -0.25) is 4.79 Å². The Morgan fingerprint density at radius 1 is 1.67 bits per heavy atom. The van der Waals surface area contributed by atoms with Crippen LogP contribution in [-0.4, -0.2) is 18.6 Å². The molecule has 0 saturated carbocycles. The molecule has 0 amide bonds. The van der Waals surface area contributed by atoms with E-state index in [1.807, 2.05) is 13.8 Å². The van der Waals surface area contributed by atoms with Gasteiger partial charge in [0.25, 0.3) is 0 Å². The summed E-state index contributed by atoms with van der Waals surface area (Å²) in [5, 5.41) is 0. The maximum atomic E-state index is 11.0. The van der Waals surface area contributed by atoms with Gasteiger partial charge in [-0.15, -0.1) is 12.3 Å². The van der Waals surface area contributed by atoms with Crippen LogP contribution in [0.15, 0.2) is 0 Å². The first-order valence-corrected chi connectivity index (χ1v) is 3.95. The Morgan fingerprint density at radius 3 is 2.67 bits per heavy atom. The average Bonchev–Trinajstić information content (AvgIpc) is 2.03. The van der Waals surface area contributed by atoms with Crippen LogP contribution in [0.4, 0.5) is 0 Å². The molecule has 0 rings (SSSR count). The van der Waals surface area contributed by atoms with Crippen molar-refractivity contribution in [2.45, 2.75) is 26.3 Å². The van der Waals surface area contributed by atoms with Crippen LogP contribution >= 0.6 is 0 Å². The largest absolute Gasteiger partial charge is 0.464 e. The van der Waals surface area contributed by atoms with Crippen LogP contribution in [-0.2, 0) is 9.53 Å². The van der Waals surface area contributed by atoms with Crippen molar-refractivity contribution in [3.05, 3.63) is 0 Å². The number of ether oxygens (including phenoxy) is 1. The van der Waals surface area contributed by atoms with Crippen LogP contribution in [0.5, 0.6) is 0 Å². The van der Waals surface area contributed by atoms with E-state index in [0.717, 1.165) is 0 Å². The van der Waals surface area contributed by atoms with E-state index in [2.05, 4.69) is 5.92 Å². The number of esters is 1. The second-order valence-corrected chi connectivity index (χ2v) is 2.89. The minimum Gasteiger partial charge on any atom is -0.464 e. The van der Waals surface area contributed by atoms with Gasteiger partial charge in [0.2, 0.25) is 0 Å². The fourth-order valence-corrected chi connectivity index (χ4v) is 0.579. The van der Waals surface area contributed by atoms with Crippen molar-refractivity contribution in [3.63, 3.8) is 0 Å². The van der Waals surface area contributed by atoms with Gasteiger partial charge in [-0.05, 0) is 5.92 Å². The lowest BCUT2D eigenvalue weighted by Crippen LogP contribution is -2.37. The summed E-state index contributed by atoms with van der Waals surface area (Å²) in [5.74, 6) is 2.10. The predicted octanol–water partition coefficient (Wildman–Crippen LogP) is 0.536. The van der Waals surface area contributed by atoms with Crippen molar-refractivity contribution in [2.24, 2.45) is 11.7 Å². The van der Waals surface area contributed by atoms with E-state index in [-0.39, 0.29) is 18.5 Å². The van der Waals surface area contributed by atoms with Crippen molar-refractivity contribution in [3.8, 4) is 12.3 Å². The van der Waals surface area contributed by atoms with Gasteiger partial charge < -0.3 is 10.5 Å². The van der Waals surface area contributed by atoms with E-state index in [0.29, 0.717) is 6.42 Å². The summed E-state index contributed by atoms with van der Waals surface area (Å²) in [4.78, 5) is 11.0. The summed E-state index contributed by atoms with van der Waals surface area (Å²) in [5.41, 5.74) is 5.52. The third-order valence-electron chi connectivity index (χ3n) is 1.48. The highest BCUT2D eigenvalue weighted by molar-refractivity contribution is 5.75. The van der Waals surface area contributed by atoms with Gasteiger partial charge in [-0.2, -0.15) is 0 Å². The van der Waals surface area contributed by atoms with E-state index < -0.39 is 6.04 Å². The van der Waals surface area contributed by atoms with Gasteiger partial charge in [0.05, 0.1) is 0 Å². The molecule has 0 saturated heterocycles. The summed E-state index contributed by atoms with van der Waals surface area (Å²) in [6, 6.07) is -0.539. The highest BCUT2D eigenvalue weighted by Gasteiger charge is 2.17. The molecule has 68 valence electrons. The Morgan fingerprint density at radius 2 is 2.25 bits per heavy atom. The summed E-state index contributed by atoms with van der Waals surface area (Å²) in [6.07, 6.45) is 5.42. The van der Waals surface area contributed by atoms with Crippen molar-refractivity contribution in [2.75, 3.05) is 6.61 Å². The van der Waals surface area contributed by atoms with E-state index in [9.17, 15) is 4.79 Å². The standard InChI is InChI=1S/C9H15NO2/c1-4-5-6-12-9(11)8(10)7(2)3/h1,7-8H,5-6,10H2,2-3H3. The van der Waals surface area contributed by atoms with Gasteiger partial charge in [0.1, 0.15) is 12.6 Å². The van der Waals surface area contributed by atoms with Gasteiger partial charge >= 0.3 is 5.97 Å². The Hall–Kier alpha value is -1.01. The molecule has 0 aromatic heterocycles. The van der Waals surface area contributed by atoms with E-state index in [1.54, 1.807) is 0 Å². The zero-order valence-electron chi connectivity index (χ0n) is 7.54. The molecule has 0 aromatic carbocycles. The number of carbonyl (C=O) groups is 1. The third-order valence-corrected chi connectivity index (χ3v) is 1.48. The summed E-state index contributed by atoms with van der Waals surface area (Å²) in [7, 11) is 0. The average molecular weight is 169 g/mol. The van der Waals surface area contributed by atoms with Crippen LogP contribution in [0.3, 0.4) is 0 Å². The minimum atomic E-state index is -0.539. The highest BCUT2D eigenvalue weighted by atomic mass is 16.5. The van der Waals surface area contributed by atoms with Gasteiger partial charge in [0, 0.05) is 6.42 Å². The summed E-state index contributed by atoms with van der Waals surface area (Å²) >= 11 is 0. The SMILES string of the molecule is C#CCCOC(=O)C(N)C(C)C. The first-order chi connectivity index (χ1) is 5.59. The Kier molecular flexibility index (Phi) is 5.14. The second kappa shape index (κ2) is 5.62. The molecular weight excluding hydrogens is 154 g/mol. The van der Waals surface area contributed by atoms with Crippen LogP contribution in [0, 0.1) is 18.3 Å². The molecule has 1 atom stereocenters. The number of carbonyl (C=O) groups excluding carboxylic acids is 1. The fourth-order valence-electron chi connectivity index (χ4n) is 0.579. The fraction of sp³-hybridized carbons (Fsp3) is 0.667. The molecule has 0 aromatic rings. The lowest BCUT2D eigenvalue weighted by atomic mass is 10.1. The van der Waals surface area contributed by atoms with Gasteiger partial charge in [0.15, 0.2) is 0 Å². The lowest BCUT2D eigenvalue weighted by Gasteiger charge is -2.13. The zero-order valence-corrected chi connectivity index (χ0v) is 7.54. The highest BCUT2D eigenvalue weighted by Crippen LogP contribution is 2.00. The summed E-state index contributed by atoms with van der Waals surface area (Å²) in [6.45, 7) is 4.00. The normalized spacial score (nSPS) is 12.2. The molecule has 0 bridgehead atoms. The molecule has 0 fully saturated rings. The molecule has 0 heterocycles. The topological polar surface area (TPSA) is 52.3 Å². The van der Waals surface area contributed by atoms with Gasteiger partial charge in [-0.1, -0.05) is 13.8 Å². The molecule has 12 heavy (non-hydrogen) atoms. The smallest absolute Gasteiger partial charge is 0.323 e. The number of hydrogen-bond donors (Lipinski definition) is 1. The monoisotopic (exact) mass is 169 g/mol. The molecular formula is C9H15NO2. The third kappa shape index (κ3) is 3.99. The van der Waals surface area contributed by atoms with Crippen LogP contribution in [0.2, 0.25) is 0 Å². The lowest BCUT2D eigenvalue weighted by molar-refractivity contribution is -0.146. The second-order valence-electron chi connectivity index (χ2n) is 2.89. The number of hydrogen-bond acceptors (Lipinski definition) is 3. The molecule has 0 spiro atoms. The molecule has 0 aliphatic heterocycles. The number of terminal acetylenes is 1. The molecule has 3 nitrogen and oxygen atoms in total. The quantitative estimate of drug-likeness (QED) is 0.379. The first kappa shape index (κ1) is 11.0. The van der Waals surface area contributed by atoms with E-state index >= 15 is 0 Å². The molecule has 1 unspecified atom stereocenters. The zero-order chi connectivity index (χ0) is 9.56. The van der Waals surface area contributed by atoms with Crippen molar-refractivity contribution >= 4 is 5.97 Å². The van der Waals surface area contributed by atoms with E-state index in [1.165, 1.54) is 0 Å². The maximum Gasteiger partial charge on any atom is 0.323 e. The van der Waals surface area contributed by atoms with Crippen molar-refractivity contribution < 1.29 is 9.53 Å². The Bertz CT molecular complexity index is 181. The van der Waals surface area contributed by atoms with Crippen LogP contribution < -0.4 is 5.73 Å². The van der Waals surface area contributed by atoms with E-state index in [4.69, 9.17) is 16.9 Å². The van der Waals surface area contributed by atoms with Crippen LogP contribution in [0.1, 0.15) is 20.3 Å².